The van der Waals surface area contributed by atoms with Crippen LogP contribution in [0.25, 0.3) is 27.9 Å². The lowest BCUT2D eigenvalue weighted by Gasteiger charge is -2.26. The maximum Gasteiger partial charge on any atom is 0.333 e. The number of fused-ring (bicyclic) bond motifs is 1. The number of alkyl halides is 2. The Kier molecular flexibility index (Phi) is 8.46. The predicted octanol–water partition coefficient (Wildman–Crippen LogP) is 8.64. The van der Waals surface area contributed by atoms with Gasteiger partial charge >= 0.3 is 6.55 Å². The number of aromatic nitrogens is 5. The topological polar surface area (TPSA) is 69.8 Å². The fourth-order valence-corrected chi connectivity index (χ4v) is 5.88. The first-order valence-corrected chi connectivity index (χ1v) is 15.0. The molecule has 7 nitrogen and oxygen atoms in total. The Morgan fingerprint density at radius 3 is 2.71 bits per heavy atom. The first-order chi connectivity index (χ1) is 20.5. The van der Waals surface area contributed by atoms with Gasteiger partial charge < -0.3 is 14.6 Å². The number of hydrogen-bond acceptors (Lipinski definition) is 5. The second-order valence-corrected chi connectivity index (χ2v) is 11.4. The predicted molar refractivity (Wildman–Crippen MR) is 163 cm³/mol. The van der Waals surface area contributed by atoms with Crippen LogP contribution >= 0.6 is 0 Å². The third-order valence-electron chi connectivity index (χ3n) is 8.10. The molecule has 1 saturated carbocycles. The molecule has 1 N–H and O–H groups in total. The summed E-state index contributed by atoms with van der Waals surface area (Å²) in [5, 5.41) is 8.25. The van der Waals surface area contributed by atoms with Crippen molar-refractivity contribution < 1.29 is 13.5 Å². The summed E-state index contributed by atoms with van der Waals surface area (Å²) in [6.45, 7) is 5.20. The number of rotatable bonds is 13. The lowest BCUT2D eigenvalue weighted by Crippen LogP contribution is -2.14. The Bertz CT molecular complexity index is 1600. The molecule has 6 rings (SSSR count). The average Bonchev–Trinajstić information content (AvgIpc) is 3.59. The number of halogens is 2. The van der Waals surface area contributed by atoms with Crippen molar-refractivity contribution in [1.29, 1.82) is 0 Å². The monoisotopic (exact) mass is 572 g/mol. The summed E-state index contributed by atoms with van der Waals surface area (Å²) in [6, 6.07) is 8.71. The van der Waals surface area contributed by atoms with Crippen LogP contribution in [-0.2, 0) is 11.2 Å². The largest absolute Gasteiger partial charge is 0.381 e. The minimum atomic E-state index is -2.68. The number of anilines is 2. The number of ether oxygens (including phenoxy) is 1. The summed E-state index contributed by atoms with van der Waals surface area (Å²) in [6.07, 6.45) is 16.2. The zero-order valence-electron chi connectivity index (χ0n) is 24.2. The molecule has 3 aromatic heterocycles. The number of hydrogen-bond donors (Lipinski definition) is 1. The van der Waals surface area contributed by atoms with Gasteiger partial charge in [0.1, 0.15) is 5.65 Å². The third-order valence-corrected chi connectivity index (χ3v) is 8.10. The second kappa shape index (κ2) is 12.6. The SMILES string of the molecule is C=C(CCOCCC)Cc1ccc(Nc2ncc3cc(-c4cnn(C(F)F)c4)n(C4CCCCC4)c3n2)c(C2=CC2)c1. The molecule has 0 atom stereocenters. The van der Waals surface area contributed by atoms with E-state index in [4.69, 9.17) is 9.72 Å². The third kappa shape index (κ3) is 6.31. The second-order valence-electron chi connectivity index (χ2n) is 11.4. The molecular weight excluding hydrogens is 534 g/mol. The van der Waals surface area contributed by atoms with Crippen molar-refractivity contribution in [3.63, 3.8) is 0 Å². The summed E-state index contributed by atoms with van der Waals surface area (Å²) in [5.74, 6) is 0.514. The number of nitrogens with zero attached hydrogens (tertiary/aromatic N) is 5. The van der Waals surface area contributed by atoms with Crippen LogP contribution in [0, 0.1) is 0 Å². The molecule has 1 aromatic carbocycles. The van der Waals surface area contributed by atoms with E-state index in [0.717, 1.165) is 91.5 Å². The van der Waals surface area contributed by atoms with Crippen LogP contribution in [0.15, 0.2) is 61.1 Å². The van der Waals surface area contributed by atoms with E-state index in [9.17, 15) is 8.78 Å². The molecule has 2 aliphatic rings. The molecule has 0 radical (unpaired) electrons. The van der Waals surface area contributed by atoms with Gasteiger partial charge in [0.2, 0.25) is 5.95 Å². The Morgan fingerprint density at radius 1 is 1.14 bits per heavy atom. The van der Waals surface area contributed by atoms with E-state index in [0.29, 0.717) is 22.8 Å². The Hall–Kier alpha value is -3.85. The lowest BCUT2D eigenvalue weighted by atomic mass is 9.95. The summed E-state index contributed by atoms with van der Waals surface area (Å²) in [4.78, 5) is 9.64. The van der Waals surface area contributed by atoms with E-state index in [1.54, 1.807) is 0 Å². The fourth-order valence-electron chi connectivity index (χ4n) is 5.88. The van der Waals surface area contributed by atoms with Gasteiger partial charge in [0.25, 0.3) is 0 Å². The highest BCUT2D eigenvalue weighted by Gasteiger charge is 2.24. The van der Waals surface area contributed by atoms with Gasteiger partial charge in [-0.15, -0.1) is 0 Å². The molecule has 9 heteroatoms. The van der Waals surface area contributed by atoms with Crippen molar-refractivity contribution in [2.75, 3.05) is 18.5 Å². The van der Waals surface area contributed by atoms with Gasteiger partial charge in [-0.2, -0.15) is 18.9 Å². The van der Waals surface area contributed by atoms with Crippen LogP contribution in [0.4, 0.5) is 20.4 Å². The molecule has 42 heavy (non-hydrogen) atoms. The Balaban J connectivity index is 1.28. The van der Waals surface area contributed by atoms with Crippen LogP contribution in [0.2, 0.25) is 0 Å². The quantitative estimate of drug-likeness (QED) is 0.128. The normalized spacial score (nSPS) is 15.4. The number of nitrogens with one attached hydrogen (secondary N) is 1. The fraction of sp³-hybridized carbons (Fsp3) is 0.424. The van der Waals surface area contributed by atoms with Crippen LogP contribution in [0.1, 0.15) is 82.0 Å². The molecule has 0 bridgehead atoms. The highest BCUT2D eigenvalue weighted by Crippen LogP contribution is 2.39. The van der Waals surface area contributed by atoms with Crippen molar-refractivity contribution in [1.82, 2.24) is 24.3 Å². The van der Waals surface area contributed by atoms with Crippen molar-refractivity contribution >= 4 is 28.2 Å². The highest BCUT2D eigenvalue weighted by molar-refractivity contribution is 5.87. The number of allylic oxidation sites excluding steroid dienone is 2. The average molecular weight is 573 g/mol. The van der Waals surface area contributed by atoms with Crippen LogP contribution in [0.5, 0.6) is 0 Å². The molecule has 1 fully saturated rings. The van der Waals surface area contributed by atoms with Gasteiger partial charge in [-0.3, -0.25) is 0 Å². The first kappa shape index (κ1) is 28.3. The smallest absolute Gasteiger partial charge is 0.333 e. The van der Waals surface area contributed by atoms with Crippen LogP contribution in [0.3, 0.4) is 0 Å². The van der Waals surface area contributed by atoms with Gasteiger partial charge in [0.15, 0.2) is 0 Å². The van der Waals surface area contributed by atoms with Gasteiger partial charge in [0.05, 0.1) is 18.5 Å². The van der Waals surface area contributed by atoms with Crippen molar-refractivity contribution in [2.24, 2.45) is 0 Å². The van der Waals surface area contributed by atoms with Gasteiger partial charge in [0, 0.05) is 47.2 Å². The maximum absolute atomic E-state index is 13.3. The van der Waals surface area contributed by atoms with Gasteiger partial charge in [-0.05, 0) is 67.9 Å². The van der Waals surface area contributed by atoms with Crippen molar-refractivity contribution in [2.45, 2.75) is 77.3 Å². The van der Waals surface area contributed by atoms with Gasteiger partial charge in [-0.25, -0.2) is 9.67 Å². The molecule has 0 aliphatic heterocycles. The molecule has 0 spiro atoms. The van der Waals surface area contributed by atoms with E-state index in [-0.39, 0.29) is 6.04 Å². The van der Waals surface area contributed by atoms with Gasteiger partial charge in [-0.1, -0.05) is 50.5 Å². The van der Waals surface area contributed by atoms with E-state index in [1.807, 2.05) is 12.3 Å². The minimum absolute atomic E-state index is 0.246. The number of benzene rings is 1. The summed E-state index contributed by atoms with van der Waals surface area (Å²) in [5.41, 5.74) is 8.14. The van der Waals surface area contributed by atoms with E-state index >= 15 is 0 Å². The molecule has 2 aliphatic carbocycles. The molecule has 0 amide bonds. The molecule has 4 aromatic rings. The summed E-state index contributed by atoms with van der Waals surface area (Å²) in [7, 11) is 0. The first-order valence-electron chi connectivity index (χ1n) is 15.0. The minimum Gasteiger partial charge on any atom is -0.381 e. The van der Waals surface area contributed by atoms with Crippen molar-refractivity contribution in [3.05, 3.63) is 72.2 Å². The van der Waals surface area contributed by atoms with Crippen LogP contribution < -0.4 is 5.32 Å². The van der Waals surface area contributed by atoms with E-state index < -0.39 is 6.55 Å². The highest BCUT2D eigenvalue weighted by atomic mass is 19.3. The zero-order valence-corrected chi connectivity index (χ0v) is 24.2. The standard InChI is InChI=1S/C33H38F2N6O/c1-3-14-42-15-13-22(2)16-23-9-12-29(28(17-23)24-10-11-24)38-33-36-19-25-18-30(26-20-37-40(21-26)32(34)35)41(31(25)39-33)27-7-5-4-6-8-27/h9-10,12,17-21,27,32H,2-8,11,13-16H2,1H3,(H,36,38,39). The maximum atomic E-state index is 13.3. The summed E-state index contributed by atoms with van der Waals surface area (Å²) >= 11 is 0. The van der Waals surface area contributed by atoms with Crippen molar-refractivity contribution in [3.8, 4) is 11.3 Å². The summed E-state index contributed by atoms with van der Waals surface area (Å²) < 4.78 is 35.2. The molecular formula is C33H38F2N6O. The Morgan fingerprint density at radius 2 is 1.98 bits per heavy atom. The Labute approximate surface area is 245 Å². The molecule has 0 saturated heterocycles. The molecule has 220 valence electrons. The molecule has 0 unspecified atom stereocenters. The van der Waals surface area contributed by atoms with Crippen LogP contribution in [-0.4, -0.2) is 37.5 Å². The van der Waals surface area contributed by atoms with E-state index in [1.165, 1.54) is 30.0 Å². The molecule has 3 heterocycles. The zero-order chi connectivity index (χ0) is 29.1. The lowest BCUT2D eigenvalue weighted by molar-refractivity contribution is 0.0566. The van der Waals surface area contributed by atoms with E-state index in [2.05, 4.69) is 57.7 Å².